The van der Waals surface area contributed by atoms with Crippen LogP contribution in [0.1, 0.15) is 16.2 Å². The van der Waals surface area contributed by atoms with E-state index in [1.165, 1.54) is 4.90 Å². The van der Waals surface area contributed by atoms with Crippen LogP contribution in [0, 0.1) is 0 Å². The van der Waals surface area contributed by atoms with Gasteiger partial charge in [-0.2, -0.15) is 4.98 Å². The van der Waals surface area contributed by atoms with Crippen molar-refractivity contribution in [3.8, 4) is 5.75 Å². The Morgan fingerprint density at radius 3 is 2.55 bits per heavy atom. The quantitative estimate of drug-likeness (QED) is 0.852. The number of nitrogens with zero attached hydrogens (tertiary/aromatic N) is 4. The summed E-state index contributed by atoms with van der Waals surface area (Å²) in [6, 6.07) is 7.60. The maximum atomic E-state index is 12.0. The van der Waals surface area contributed by atoms with Crippen LogP contribution in [0.5, 0.6) is 5.75 Å². The third-order valence-electron chi connectivity index (χ3n) is 2.73. The van der Waals surface area contributed by atoms with Gasteiger partial charge in [0.25, 0.3) is 5.91 Å². The van der Waals surface area contributed by atoms with Gasteiger partial charge in [-0.1, -0.05) is 12.1 Å². The van der Waals surface area contributed by atoms with E-state index in [4.69, 9.17) is 4.74 Å². The molecular weight excluding hydrogens is 324 g/mol. The third-order valence-corrected chi connectivity index (χ3v) is 3.07. The smallest absolute Gasteiger partial charge is 0.290 e. The lowest BCUT2D eigenvalue weighted by Crippen LogP contribution is -2.26. The van der Waals surface area contributed by atoms with E-state index in [1.54, 1.807) is 25.9 Å². The molecule has 20 heavy (non-hydrogen) atoms. The van der Waals surface area contributed by atoms with Crippen molar-refractivity contribution in [3.05, 3.63) is 40.4 Å². The van der Waals surface area contributed by atoms with Gasteiger partial charge >= 0.3 is 0 Å². The summed E-state index contributed by atoms with van der Waals surface area (Å²) < 4.78 is 7.09. The van der Waals surface area contributed by atoms with Crippen molar-refractivity contribution in [3.63, 3.8) is 0 Å². The van der Waals surface area contributed by atoms with Crippen LogP contribution in [0.15, 0.2) is 29.0 Å². The maximum absolute atomic E-state index is 12.0. The summed E-state index contributed by atoms with van der Waals surface area (Å²) in [7, 11) is 4.99. The molecule has 2 aromatic rings. The summed E-state index contributed by atoms with van der Waals surface area (Å²) in [6.07, 6.45) is 0. The van der Waals surface area contributed by atoms with E-state index < -0.39 is 0 Å². The van der Waals surface area contributed by atoms with Crippen molar-refractivity contribution in [2.45, 2.75) is 6.54 Å². The minimum atomic E-state index is -0.184. The molecule has 0 N–H and O–H groups in total. The number of aromatic nitrogens is 3. The van der Waals surface area contributed by atoms with Gasteiger partial charge in [0, 0.05) is 14.1 Å². The molecule has 7 heteroatoms. The Hall–Kier alpha value is -1.89. The van der Waals surface area contributed by atoms with E-state index in [9.17, 15) is 4.79 Å². The highest BCUT2D eigenvalue weighted by atomic mass is 79.9. The summed E-state index contributed by atoms with van der Waals surface area (Å²) in [5.41, 5.74) is 1.01. The molecule has 0 saturated heterocycles. The molecule has 106 valence electrons. The Labute approximate surface area is 125 Å². The number of amides is 1. The van der Waals surface area contributed by atoms with E-state index in [1.807, 2.05) is 24.3 Å². The lowest BCUT2D eigenvalue weighted by atomic mass is 10.2. The minimum Gasteiger partial charge on any atom is -0.497 e. The first-order valence-corrected chi connectivity index (χ1v) is 6.75. The maximum Gasteiger partial charge on any atom is 0.290 e. The molecule has 0 saturated carbocycles. The zero-order valence-corrected chi connectivity index (χ0v) is 13.1. The van der Waals surface area contributed by atoms with Crippen LogP contribution in [0.3, 0.4) is 0 Å². The molecular formula is C13H15BrN4O2. The van der Waals surface area contributed by atoms with Gasteiger partial charge in [0.1, 0.15) is 5.75 Å². The van der Waals surface area contributed by atoms with Gasteiger partial charge in [0.05, 0.1) is 13.7 Å². The van der Waals surface area contributed by atoms with Crippen molar-refractivity contribution in [2.75, 3.05) is 21.2 Å². The van der Waals surface area contributed by atoms with Gasteiger partial charge in [0.15, 0.2) is 0 Å². The Morgan fingerprint density at radius 1 is 1.35 bits per heavy atom. The average Bonchev–Trinajstić information content (AvgIpc) is 2.79. The Morgan fingerprint density at radius 2 is 2.00 bits per heavy atom. The molecule has 0 spiro atoms. The van der Waals surface area contributed by atoms with Gasteiger partial charge in [-0.25, -0.2) is 4.68 Å². The number of halogens is 1. The molecule has 6 nitrogen and oxygen atoms in total. The molecule has 0 aliphatic rings. The number of benzene rings is 1. The Kier molecular flexibility index (Phi) is 4.39. The molecule has 1 aromatic carbocycles. The van der Waals surface area contributed by atoms with Crippen LogP contribution in [-0.4, -0.2) is 46.8 Å². The second-order valence-corrected chi connectivity index (χ2v) is 5.12. The van der Waals surface area contributed by atoms with E-state index in [0.717, 1.165) is 11.3 Å². The molecule has 0 bridgehead atoms. The zero-order valence-electron chi connectivity index (χ0n) is 11.5. The van der Waals surface area contributed by atoms with E-state index in [-0.39, 0.29) is 5.91 Å². The summed E-state index contributed by atoms with van der Waals surface area (Å²) in [5.74, 6) is 0.910. The highest BCUT2D eigenvalue weighted by molar-refractivity contribution is 9.10. The number of carbonyl (C=O) groups is 1. The summed E-state index contributed by atoms with van der Waals surface area (Å²) in [5, 5.41) is 4.20. The predicted molar refractivity (Wildman–Crippen MR) is 77.8 cm³/mol. The molecule has 0 atom stereocenters. The lowest BCUT2D eigenvalue weighted by molar-refractivity contribution is 0.0810. The molecule has 0 aliphatic heterocycles. The number of methoxy groups -OCH3 is 1. The topological polar surface area (TPSA) is 60.2 Å². The van der Waals surface area contributed by atoms with Crippen molar-refractivity contribution in [1.82, 2.24) is 19.7 Å². The van der Waals surface area contributed by atoms with Crippen LogP contribution in [0.4, 0.5) is 0 Å². The lowest BCUT2D eigenvalue weighted by Gasteiger charge is -2.10. The molecule has 0 aliphatic carbocycles. The Balaban J connectivity index is 2.26. The second kappa shape index (κ2) is 6.04. The number of hydrogen-bond donors (Lipinski definition) is 0. The van der Waals surface area contributed by atoms with Gasteiger partial charge in [-0.15, -0.1) is 5.10 Å². The van der Waals surface area contributed by atoms with Crippen LogP contribution >= 0.6 is 15.9 Å². The molecule has 0 unspecified atom stereocenters. The first-order chi connectivity index (χ1) is 9.51. The number of hydrogen-bond acceptors (Lipinski definition) is 4. The SMILES string of the molecule is COc1ccc(Cn2nc(Br)nc2C(=O)N(C)C)cc1. The molecule has 1 aromatic heterocycles. The number of ether oxygens (including phenoxy) is 1. The predicted octanol–water partition coefficient (Wildman–Crippen LogP) is 1.80. The molecule has 1 heterocycles. The van der Waals surface area contributed by atoms with E-state index in [2.05, 4.69) is 26.0 Å². The van der Waals surface area contributed by atoms with Crippen molar-refractivity contribution in [2.24, 2.45) is 0 Å². The van der Waals surface area contributed by atoms with Gasteiger partial charge < -0.3 is 9.64 Å². The largest absolute Gasteiger partial charge is 0.497 e. The first-order valence-electron chi connectivity index (χ1n) is 5.96. The fourth-order valence-electron chi connectivity index (χ4n) is 1.69. The highest BCUT2D eigenvalue weighted by Gasteiger charge is 2.18. The fraction of sp³-hybridized carbons (Fsp3) is 0.308. The second-order valence-electron chi connectivity index (χ2n) is 4.41. The zero-order chi connectivity index (χ0) is 14.7. The third kappa shape index (κ3) is 3.16. The fourth-order valence-corrected chi connectivity index (χ4v) is 2.05. The summed E-state index contributed by atoms with van der Waals surface area (Å²) >= 11 is 3.20. The van der Waals surface area contributed by atoms with E-state index >= 15 is 0 Å². The van der Waals surface area contributed by atoms with Crippen LogP contribution in [0.25, 0.3) is 0 Å². The normalized spacial score (nSPS) is 10.4. The van der Waals surface area contributed by atoms with Gasteiger partial charge in [-0.05, 0) is 33.6 Å². The van der Waals surface area contributed by atoms with Gasteiger partial charge in [-0.3, -0.25) is 4.79 Å². The monoisotopic (exact) mass is 338 g/mol. The standard InChI is InChI=1S/C13H15BrN4O2/c1-17(2)12(19)11-15-13(14)16-18(11)8-9-4-6-10(20-3)7-5-9/h4-7H,8H2,1-3H3. The van der Waals surface area contributed by atoms with Crippen molar-refractivity contribution >= 4 is 21.8 Å². The summed E-state index contributed by atoms with van der Waals surface area (Å²) in [4.78, 5) is 17.6. The average molecular weight is 339 g/mol. The van der Waals surface area contributed by atoms with Crippen LogP contribution < -0.4 is 4.74 Å². The van der Waals surface area contributed by atoms with Gasteiger partial charge in [0.2, 0.25) is 10.6 Å². The minimum absolute atomic E-state index is 0.184. The molecule has 2 rings (SSSR count). The van der Waals surface area contributed by atoms with Crippen molar-refractivity contribution < 1.29 is 9.53 Å². The number of rotatable bonds is 4. The number of carbonyl (C=O) groups excluding carboxylic acids is 1. The highest BCUT2D eigenvalue weighted by Crippen LogP contribution is 2.14. The first kappa shape index (κ1) is 14.5. The summed E-state index contributed by atoms with van der Waals surface area (Å²) in [6.45, 7) is 0.470. The Bertz CT molecular complexity index is 607. The van der Waals surface area contributed by atoms with Crippen LogP contribution in [0.2, 0.25) is 0 Å². The van der Waals surface area contributed by atoms with Crippen LogP contribution in [-0.2, 0) is 6.54 Å². The molecule has 0 radical (unpaired) electrons. The molecule has 1 amide bonds. The van der Waals surface area contributed by atoms with E-state index in [0.29, 0.717) is 17.1 Å². The molecule has 0 fully saturated rings. The van der Waals surface area contributed by atoms with Crippen molar-refractivity contribution in [1.29, 1.82) is 0 Å².